The number of rotatable bonds is 4. The van der Waals surface area contributed by atoms with Gasteiger partial charge in [0.05, 0.1) is 7.11 Å². The minimum Gasteiger partial charge on any atom is -0.504 e. The smallest absolute Gasteiger partial charge is 0.161 e. The first-order valence-electron chi connectivity index (χ1n) is 4.35. The number of hydrogen-bond donors (Lipinski definition) is 2. The van der Waals surface area contributed by atoms with E-state index in [9.17, 15) is 5.11 Å². The quantitative estimate of drug-likeness (QED) is 0.836. The lowest BCUT2D eigenvalue weighted by molar-refractivity contribution is 0.287. The van der Waals surface area contributed by atoms with Crippen molar-refractivity contribution in [1.29, 1.82) is 0 Å². The SMILES string of the molecule is COc1cc(I)cc(CCCO)c1O. The van der Waals surface area contributed by atoms with Gasteiger partial charge in [-0.3, -0.25) is 0 Å². The number of hydrogen-bond acceptors (Lipinski definition) is 3. The van der Waals surface area contributed by atoms with Crippen molar-refractivity contribution in [3.8, 4) is 11.5 Å². The summed E-state index contributed by atoms with van der Waals surface area (Å²) in [7, 11) is 1.53. The maximum Gasteiger partial charge on any atom is 0.161 e. The second-order valence-electron chi connectivity index (χ2n) is 2.94. The van der Waals surface area contributed by atoms with E-state index in [2.05, 4.69) is 22.6 Å². The first-order valence-corrected chi connectivity index (χ1v) is 5.43. The number of methoxy groups -OCH3 is 1. The van der Waals surface area contributed by atoms with Crippen LogP contribution in [0.25, 0.3) is 0 Å². The fourth-order valence-corrected chi connectivity index (χ4v) is 1.90. The molecule has 1 aromatic carbocycles. The van der Waals surface area contributed by atoms with Crippen molar-refractivity contribution in [2.75, 3.05) is 13.7 Å². The molecule has 1 rings (SSSR count). The van der Waals surface area contributed by atoms with Gasteiger partial charge in [-0.2, -0.15) is 0 Å². The van der Waals surface area contributed by atoms with Crippen molar-refractivity contribution in [3.63, 3.8) is 0 Å². The van der Waals surface area contributed by atoms with Gasteiger partial charge in [0.1, 0.15) is 0 Å². The van der Waals surface area contributed by atoms with Gasteiger partial charge in [-0.15, -0.1) is 0 Å². The average Bonchev–Trinajstić information content (AvgIpc) is 2.18. The number of aliphatic hydroxyl groups is 1. The summed E-state index contributed by atoms with van der Waals surface area (Å²) in [4.78, 5) is 0. The maximum atomic E-state index is 9.73. The summed E-state index contributed by atoms with van der Waals surface area (Å²) in [5, 5.41) is 18.4. The summed E-state index contributed by atoms with van der Waals surface area (Å²) < 4.78 is 6.05. The number of aryl methyl sites for hydroxylation is 1. The van der Waals surface area contributed by atoms with E-state index >= 15 is 0 Å². The fourth-order valence-electron chi connectivity index (χ4n) is 1.24. The van der Waals surface area contributed by atoms with Crippen molar-refractivity contribution in [1.82, 2.24) is 0 Å². The molecule has 0 fully saturated rings. The fraction of sp³-hybridized carbons (Fsp3) is 0.400. The second-order valence-corrected chi connectivity index (χ2v) is 4.19. The Balaban J connectivity index is 2.96. The Morgan fingerprint density at radius 2 is 2.14 bits per heavy atom. The van der Waals surface area contributed by atoms with E-state index in [1.165, 1.54) is 7.11 Å². The zero-order valence-electron chi connectivity index (χ0n) is 7.96. The maximum absolute atomic E-state index is 9.73. The Bertz CT molecular complexity index is 312. The number of benzene rings is 1. The van der Waals surface area contributed by atoms with E-state index in [-0.39, 0.29) is 12.4 Å². The third-order valence-corrected chi connectivity index (χ3v) is 2.57. The van der Waals surface area contributed by atoms with Crippen molar-refractivity contribution < 1.29 is 14.9 Å². The molecule has 0 bridgehead atoms. The standard InChI is InChI=1S/C10H13IO3/c1-14-9-6-8(11)5-7(10(9)13)3-2-4-12/h5-6,12-13H,2-4H2,1H3. The van der Waals surface area contributed by atoms with Crippen LogP contribution >= 0.6 is 22.6 Å². The molecule has 0 saturated carbocycles. The van der Waals surface area contributed by atoms with Crippen LogP contribution in [0.2, 0.25) is 0 Å². The van der Waals surface area contributed by atoms with Crippen LogP contribution in [0.1, 0.15) is 12.0 Å². The summed E-state index contributed by atoms with van der Waals surface area (Å²) in [5.41, 5.74) is 0.822. The minimum atomic E-state index is 0.132. The van der Waals surface area contributed by atoms with Crippen LogP contribution in [0.5, 0.6) is 11.5 Å². The lowest BCUT2D eigenvalue weighted by atomic mass is 10.1. The molecule has 1 aromatic rings. The van der Waals surface area contributed by atoms with E-state index in [4.69, 9.17) is 9.84 Å². The predicted octanol–water partition coefficient (Wildman–Crippen LogP) is 1.93. The van der Waals surface area contributed by atoms with Crippen LogP contribution < -0.4 is 4.74 Å². The number of phenols is 1. The zero-order chi connectivity index (χ0) is 10.6. The summed E-state index contributed by atoms with van der Waals surface area (Å²) in [6, 6.07) is 3.67. The molecule has 14 heavy (non-hydrogen) atoms. The average molecular weight is 308 g/mol. The normalized spacial score (nSPS) is 10.2. The summed E-state index contributed by atoms with van der Waals surface area (Å²) in [5.74, 6) is 0.672. The molecule has 0 radical (unpaired) electrons. The summed E-state index contributed by atoms with van der Waals surface area (Å²) in [6.07, 6.45) is 1.31. The molecule has 0 atom stereocenters. The third kappa shape index (κ3) is 2.75. The van der Waals surface area contributed by atoms with Gasteiger partial charge >= 0.3 is 0 Å². The molecule has 0 aliphatic heterocycles. The van der Waals surface area contributed by atoms with Gasteiger partial charge < -0.3 is 14.9 Å². The molecular formula is C10H13IO3. The van der Waals surface area contributed by atoms with Crippen molar-refractivity contribution >= 4 is 22.6 Å². The van der Waals surface area contributed by atoms with Crippen molar-refractivity contribution in [3.05, 3.63) is 21.3 Å². The molecule has 0 heterocycles. The molecule has 2 N–H and O–H groups in total. The number of halogens is 1. The Hall–Kier alpha value is -0.490. The van der Waals surface area contributed by atoms with Gasteiger partial charge in [0.15, 0.2) is 11.5 Å². The van der Waals surface area contributed by atoms with Crippen LogP contribution in [0, 0.1) is 3.57 Å². The van der Waals surface area contributed by atoms with E-state index in [0.717, 1.165) is 9.13 Å². The molecule has 0 aliphatic rings. The molecule has 0 amide bonds. The van der Waals surface area contributed by atoms with Gasteiger partial charge in [0.25, 0.3) is 0 Å². The zero-order valence-corrected chi connectivity index (χ0v) is 10.1. The van der Waals surface area contributed by atoms with Gasteiger partial charge in [0, 0.05) is 10.2 Å². The van der Waals surface area contributed by atoms with Crippen LogP contribution in [0.3, 0.4) is 0 Å². The van der Waals surface area contributed by atoms with Crippen LogP contribution in [-0.4, -0.2) is 23.9 Å². The molecule has 78 valence electrons. The molecule has 3 nitrogen and oxygen atoms in total. The molecular weight excluding hydrogens is 295 g/mol. The number of aliphatic hydroxyl groups excluding tert-OH is 1. The Morgan fingerprint density at radius 1 is 1.43 bits per heavy atom. The summed E-state index contributed by atoms with van der Waals surface area (Å²) in [6.45, 7) is 0.132. The monoisotopic (exact) mass is 308 g/mol. The second kappa shape index (κ2) is 5.41. The number of ether oxygens (including phenoxy) is 1. The highest BCUT2D eigenvalue weighted by atomic mass is 127. The Labute approximate surface area is 96.9 Å². The highest BCUT2D eigenvalue weighted by Gasteiger charge is 2.08. The van der Waals surface area contributed by atoms with E-state index < -0.39 is 0 Å². The van der Waals surface area contributed by atoms with Crippen LogP contribution in [0.4, 0.5) is 0 Å². The van der Waals surface area contributed by atoms with Gasteiger partial charge in [0.2, 0.25) is 0 Å². The molecule has 0 aromatic heterocycles. The van der Waals surface area contributed by atoms with Gasteiger partial charge in [-0.1, -0.05) is 0 Å². The predicted molar refractivity (Wildman–Crippen MR) is 62.8 cm³/mol. The minimum absolute atomic E-state index is 0.132. The Kier molecular flexibility index (Phi) is 4.47. The lowest BCUT2D eigenvalue weighted by Gasteiger charge is -2.09. The third-order valence-electron chi connectivity index (χ3n) is 1.94. The molecule has 0 aliphatic carbocycles. The van der Waals surface area contributed by atoms with Crippen molar-refractivity contribution in [2.45, 2.75) is 12.8 Å². The van der Waals surface area contributed by atoms with Crippen LogP contribution in [0.15, 0.2) is 12.1 Å². The molecule has 4 heteroatoms. The van der Waals surface area contributed by atoms with Crippen molar-refractivity contribution in [2.24, 2.45) is 0 Å². The molecule has 0 unspecified atom stereocenters. The highest BCUT2D eigenvalue weighted by molar-refractivity contribution is 14.1. The summed E-state index contributed by atoms with van der Waals surface area (Å²) >= 11 is 2.17. The van der Waals surface area contributed by atoms with Gasteiger partial charge in [-0.05, 0) is 53.1 Å². The molecule has 0 spiro atoms. The topological polar surface area (TPSA) is 49.7 Å². The number of aromatic hydroxyl groups is 1. The number of phenolic OH excluding ortho intramolecular Hbond substituents is 1. The van der Waals surface area contributed by atoms with E-state index in [1.54, 1.807) is 6.07 Å². The van der Waals surface area contributed by atoms with E-state index in [0.29, 0.717) is 18.6 Å². The molecule has 0 saturated heterocycles. The Morgan fingerprint density at radius 3 is 2.71 bits per heavy atom. The highest BCUT2D eigenvalue weighted by Crippen LogP contribution is 2.32. The first kappa shape index (κ1) is 11.6. The van der Waals surface area contributed by atoms with Crippen LogP contribution in [-0.2, 0) is 6.42 Å². The largest absolute Gasteiger partial charge is 0.504 e. The van der Waals surface area contributed by atoms with Gasteiger partial charge in [-0.25, -0.2) is 0 Å². The van der Waals surface area contributed by atoms with E-state index in [1.807, 2.05) is 6.07 Å². The lowest BCUT2D eigenvalue weighted by Crippen LogP contribution is -1.94. The first-order chi connectivity index (χ1) is 6.69.